The lowest BCUT2D eigenvalue weighted by Crippen LogP contribution is -2.58. The number of aliphatic hydroxyl groups is 1. The summed E-state index contributed by atoms with van der Waals surface area (Å²) in [5.74, 6) is 1.03. The van der Waals surface area contributed by atoms with E-state index < -0.39 is 0 Å². The van der Waals surface area contributed by atoms with Crippen molar-refractivity contribution >= 4 is 5.91 Å². The molecule has 3 rings (SSSR count). The molecule has 1 spiro atoms. The lowest BCUT2D eigenvalue weighted by atomic mass is 9.72. The van der Waals surface area contributed by atoms with Gasteiger partial charge in [-0.1, -0.05) is 12.1 Å². The van der Waals surface area contributed by atoms with Crippen molar-refractivity contribution in [2.75, 3.05) is 33.3 Å². The zero-order chi connectivity index (χ0) is 17.0. The Morgan fingerprint density at radius 2 is 2.21 bits per heavy atom. The predicted octanol–water partition coefficient (Wildman–Crippen LogP) is 1.59. The van der Waals surface area contributed by atoms with E-state index in [9.17, 15) is 9.90 Å². The van der Waals surface area contributed by atoms with Gasteiger partial charge in [0.15, 0.2) is 0 Å². The van der Waals surface area contributed by atoms with Crippen molar-refractivity contribution in [1.29, 1.82) is 0 Å². The summed E-state index contributed by atoms with van der Waals surface area (Å²) in [6, 6.07) is 7.89. The van der Waals surface area contributed by atoms with Crippen LogP contribution >= 0.6 is 0 Å². The average Bonchev–Trinajstić information content (AvgIpc) is 2.63. The topological polar surface area (TPSA) is 61.8 Å². The van der Waals surface area contributed by atoms with Gasteiger partial charge in [0.05, 0.1) is 13.2 Å². The Morgan fingerprint density at radius 3 is 2.92 bits per heavy atom. The Balaban J connectivity index is 1.56. The zero-order valence-corrected chi connectivity index (χ0v) is 14.5. The molecule has 1 aromatic carbocycles. The number of likely N-dealkylation sites (tertiary alicyclic amines) is 1. The largest absolute Gasteiger partial charge is 0.497 e. The van der Waals surface area contributed by atoms with Gasteiger partial charge >= 0.3 is 0 Å². The number of aryl methyl sites for hydroxylation is 1. The summed E-state index contributed by atoms with van der Waals surface area (Å²) in [5.41, 5.74) is 1.00. The van der Waals surface area contributed by atoms with Crippen molar-refractivity contribution in [2.45, 2.75) is 38.2 Å². The highest BCUT2D eigenvalue weighted by molar-refractivity contribution is 5.76. The third-order valence-corrected chi connectivity index (χ3v) is 5.53. The van der Waals surface area contributed by atoms with Gasteiger partial charge in [0.25, 0.3) is 0 Å². The number of nitrogens with one attached hydrogen (secondary N) is 1. The van der Waals surface area contributed by atoms with Gasteiger partial charge < -0.3 is 20.1 Å². The van der Waals surface area contributed by atoms with E-state index in [1.165, 1.54) is 0 Å². The van der Waals surface area contributed by atoms with Gasteiger partial charge in [-0.05, 0) is 49.9 Å². The van der Waals surface area contributed by atoms with E-state index in [1.54, 1.807) is 7.11 Å². The molecule has 1 amide bonds. The summed E-state index contributed by atoms with van der Waals surface area (Å²) in [4.78, 5) is 14.6. The van der Waals surface area contributed by atoms with Crippen LogP contribution < -0.4 is 10.1 Å². The first-order valence-corrected chi connectivity index (χ1v) is 8.92. The van der Waals surface area contributed by atoms with E-state index in [-0.39, 0.29) is 17.4 Å². The second-order valence-corrected chi connectivity index (χ2v) is 7.11. The van der Waals surface area contributed by atoms with Crippen LogP contribution in [0.2, 0.25) is 0 Å². The van der Waals surface area contributed by atoms with Crippen LogP contribution in [0.4, 0.5) is 0 Å². The molecule has 5 nitrogen and oxygen atoms in total. The first-order chi connectivity index (χ1) is 11.6. The highest BCUT2D eigenvalue weighted by Crippen LogP contribution is 2.36. The lowest BCUT2D eigenvalue weighted by Gasteiger charge is -2.48. The minimum atomic E-state index is -0.295. The highest BCUT2D eigenvalue weighted by atomic mass is 16.5. The molecule has 2 saturated heterocycles. The van der Waals surface area contributed by atoms with Crippen molar-refractivity contribution in [2.24, 2.45) is 5.41 Å². The van der Waals surface area contributed by atoms with E-state index in [1.807, 2.05) is 29.2 Å². The zero-order valence-electron chi connectivity index (χ0n) is 14.5. The maximum atomic E-state index is 12.6. The van der Waals surface area contributed by atoms with Crippen LogP contribution in [0.1, 0.15) is 31.2 Å². The van der Waals surface area contributed by atoms with E-state index in [2.05, 4.69) is 5.32 Å². The number of hydrogen-bond acceptors (Lipinski definition) is 4. The molecule has 2 fully saturated rings. The molecule has 2 atom stereocenters. The van der Waals surface area contributed by atoms with Crippen LogP contribution in [0, 0.1) is 5.41 Å². The molecule has 1 aromatic rings. The van der Waals surface area contributed by atoms with Gasteiger partial charge in [-0.15, -0.1) is 0 Å². The number of aliphatic hydroxyl groups excluding tert-OH is 1. The van der Waals surface area contributed by atoms with Crippen LogP contribution in [0.5, 0.6) is 5.75 Å². The predicted molar refractivity (Wildman–Crippen MR) is 93.1 cm³/mol. The fourth-order valence-corrected chi connectivity index (χ4v) is 3.99. The number of piperidine rings is 2. The first kappa shape index (κ1) is 17.2. The van der Waals surface area contributed by atoms with Gasteiger partial charge in [-0.3, -0.25) is 4.79 Å². The molecule has 2 aliphatic heterocycles. The maximum Gasteiger partial charge on any atom is 0.222 e. The van der Waals surface area contributed by atoms with Gasteiger partial charge in [0.2, 0.25) is 5.91 Å². The summed E-state index contributed by atoms with van der Waals surface area (Å²) in [5, 5.41) is 13.8. The van der Waals surface area contributed by atoms with Crippen molar-refractivity contribution in [3.63, 3.8) is 0 Å². The van der Waals surface area contributed by atoms with Gasteiger partial charge in [-0.2, -0.15) is 0 Å². The smallest absolute Gasteiger partial charge is 0.222 e. The first-order valence-electron chi connectivity index (χ1n) is 8.92. The van der Waals surface area contributed by atoms with Gasteiger partial charge in [0.1, 0.15) is 5.75 Å². The highest BCUT2D eigenvalue weighted by Gasteiger charge is 2.43. The van der Waals surface area contributed by atoms with Crippen LogP contribution in [0.3, 0.4) is 0 Å². The van der Waals surface area contributed by atoms with E-state index >= 15 is 0 Å². The number of carbonyl (C=O) groups excluding carboxylic acids is 1. The van der Waals surface area contributed by atoms with Crippen LogP contribution in [-0.2, 0) is 11.2 Å². The third kappa shape index (κ3) is 3.73. The number of amides is 1. The lowest BCUT2D eigenvalue weighted by molar-refractivity contribution is -0.138. The monoisotopic (exact) mass is 332 g/mol. The molecule has 132 valence electrons. The van der Waals surface area contributed by atoms with Crippen molar-refractivity contribution < 1.29 is 14.6 Å². The number of methoxy groups -OCH3 is 1. The number of hydrogen-bond donors (Lipinski definition) is 2. The Kier molecular flexibility index (Phi) is 5.41. The van der Waals surface area contributed by atoms with E-state index in [0.717, 1.165) is 56.6 Å². The second-order valence-electron chi connectivity index (χ2n) is 7.11. The molecule has 0 radical (unpaired) electrons. The number of rotatable bonds is 4. The molecular weight excluding hydrogens is 304 g/mol. The molecule has 2 aliphatic rings. The number of nitrogens with zero attached hydrogens (tertiary/aromatic N) is 1. The fraction of sp³-hybridized carbons (Fsp3) is 0.632. The Morgan fingerprint density at radius 1 is 1.42 bits per heavy atom. The van der Waals surface area contributed by atoms with Crippen LogP contribution in [-0.4, -0.2) is 55.3 Å². The second kappa shape index (κ2) is 7.53. The minimum Gasteiger partial charge on any atom is -0.497 e. The molecule has 0 aromatic heterocycles. The van der Waals surface area contributed by atoms with Crippen LogP contribution in [0.15, 0.2) is 24.3 Å². The van der Waals surface area contributed by atoms with Gasteiger partial charge in [0, 0.05) is 31.5 Å². The fourth-order valence-electron chi connectivity index (χ4n) is 3.99. The maximum absolute atomic E-state index is 12.6. The van der Waals surface area contributed by atoms with Crippen molar-refractivity contribution in [3.8, 4) is 5.75 Å². The molecule has 24 heavy (non-hydrogen) atoms. The Bertz CT molecular complexity index is 556. The molecule has 0 bridgehead atoms. The SMILES string of the molecule is COc1ccc(CCC(=O)N2CCC[C@]3(CNCC[C@@H]3O)C2)cc1. The Labute approximate surface area is 144 Å². The Hall–Kier alpha value is -1.59. The quantitative estimate of drug-likeness (QED) is 0.879. The summed E-state index contributed by atoms with van der Waals surface area (Å²) in [6.07, 6.45) is 3.74. The minimum absolute atomic E-state index is 0.147. The molecule has 5 heteroatoms. The van der Waals surface area contributed by atoms with Crippen LogP contribution in [0.25, 0.3) is 0 Å². The molecule has 0 saturated carbocycles. The summed E-state index contributed by atoms with van der Waals surface area (Å²) in [7, 11) is 1.65. The van der Waals surface area contributed by atoms with Crippen molar-refractivity contribution in [3.05, 3.63) is 29.8 Å². The number of carbonyl (C=O) groups is 1. The van der Waals surface area contributed by atoms with E-state index in [4.69, 9.17) is 4.74 Å². The average molecular weight is 332 g/mol. The van der Waals surface area contributed by atoms with E-state index in [0.29, 0.717) is 13.0 Å². The van der Waals surface area contributed by atoms with Crippen molar-refractivity contribution in [1.82, 2.24) is 10.2 Å². The summed E-state index contributed by atoms with van der Waals surface area (Å²) < 4.78 is 5.16. The molecule has 2 heterocycles. The molecule has 0 aliphatic carbocycles. The normalized spacial score (nSPS) is 27.2. The molecule has 0 unspecified atom stereocenters. The molecule has 2 N–H and O–H groups in total. The number of benzene rings is 1. The molecular formula is C19H28N2O3. The standard InChI is InChI=1S/C19H28N2O3/c1-24-16-6-3-15(4-7-16)5-8-18(23)21-12-2-10-19(14-21)13-20-11-9-17(19)22/h3-4,6-7,17,20,22H,2,5,8-14H2,1H3/t17-,19-/m0/s1. The summed E-state index contributed by atoms with van der Waals surface area (Å²) in [6.45, 7) is 3.18. The third-order valence-electron chi connectivity index (χ3n) is 5.53. The summed E-state index contributed by atoms with van der Waals surface area (Å²) >= 11 is 0. The van der Waals surface area contributed by atoms with Gasteiger partial charge in [-0.25, -0.2) is 0 Å². The number of ether oxygens (including phenoxy) is 1.